The van der Waals surface area contributed by atoms with Crippen LogP contribution in [0.5, 0.6) is 0 Å². The second-order valence-corrected chi connectivity index (χ2v) is 4.84. The van der Waals surface area contributed by atoms with Crippen LogP contribution in [-0.2, 0) is 4.79 Å². The van der Waals surface area contributed by atoms with Gasteiger partial charge in [0.2, 0.25) is 0 Å². The molecule has 1 aromatic heterocycles. The van der Waals surface area contributed by atoms with Crippen molar-refractivity contribution < 1.29 is 14.7 Å². The second kappa shape index (κ2) is 7.38. The molecule has 1 amide bonds. The maximum absolute atomic E-state index is 12.2. The first-order valence-electron chi connectivity index (χ1n) is 7.02. The van der Waals surface area contributed by atoms with Crippen molar-refractivity contribution in [3.63, 3.8) is 0 Å². The zero-order valence-corrected chi connectivity index (χ0v) is 11.7. The lowest BCUT2D eigenvalue weighted by Crippen LogP contribution is -2.24. The molecular weight excluding hydrogens is 268 g/mol. The van der Waals surface area contributed by atoms with E-state index in [2.05, 4.69) is 10.3 Å². The summed E-state index contributed by atoms with van der Waals surface area (Å²) >= 11 is 0. The smallest absolute Gasteiger partial charge is 0.303 e. The Morgan fingerprint density at radius 3 is 2.76 bits per heavy atom. The molecule has 0 unspecified atom stereocenters. The number of fused-ring (bicyclic) bond motifs is 1. The molecule has 2 aromatic rings. The molecule has 0 aliphatic rings. The molecule has 0 aliphatic heterocycles. The van der Waals surface area contributed by atoms with Gasteiger partial charge in [-0.05, 0) is 31.0 Å². The Labute approximate surface area is 123 Å². The Morgan fingerprint density at radius 2 is 1.95 bits per heavy atom. The largest absolute Gasteiger partial charge is 0.481 e. The maximum atomic E-state index is 12.2. The van der Waals surface area contributed by atoms with Crippen molar-refractivity contribution in [3.8, 4) is 0 Å². The van der Waals surface area contributed by atoms with E-state index in [0.717, 1.165) is 23.7 Å². The minimum Gasteiger partial charge on any atom is -0.481 e. The minimum atomic E-state index is -0.776. The van der Waals surface area contributed by atoms with Gasteiger partial charge in [0.05, 0.1) is 5.52 Å². The molecule has 0 spiro atoms. The molecule has 0 radical (unpaired) electrons. The number of nitrogens with one attached hydrogen (secondary N) is 1. The van der Waals surface area contributed by atoms with Gasteiger partial charge in [0.1, 0.15) is 0 Å². The summed E-state index contributed by atoms with van der Waals surface area (Å²) in [4.78, 5) is 26.8. The fourth-order valence-corrected chi connectivity index (χ4v) is 2.18. The quantitative estimate of drug-likeness (QED) is 0.767. The lowest BCUT2D eigenvalue weighted by atomic mass is 10.1. The molecule has 0 fully saturated rings. The summed E-state index contributed by atoms with van der Waals surface area (Å²) in [5.74, 6) is -0.894. The standard InChI is InChI=1S/C16H18N2O3/c19-15(20)9-2-1-3-10-18-16(21)13-6-4-8-14-12(13)7-5-11-17-14/h4-8,11H,1-3,9-10H2,(H,18,21)(H,19,20). The summed E-state index contributed by atoms with van der Waals surface area (Å²) in [6.45, 7) is 0.551. The van der Waals surface area contributed by atoms with Crippen LogP contribution in [-0.4, -0.2) is 28.5 Å². The fraction of sp³-hybridized carbons (Fsp3) is 0.312. The van der Waals surface area contributed by atoms with E-state index < -0.39 is 5.97 Å². The lowest BCUT2D eigenvalue weighted by molar-refractivity contribution is -0.137. The van der Waals surface area contributed by atoms with E-state index in [0.29, 0.717) is 18.5 Å². The summed E-state index contributed by atoms with van der Waals surface area (Å²) in [7, 11) is 0. The first-order chi connectivity index (χ1) is 10.2. The first-order valence-corrected chi connectivity index (χ1v) is 7.02. The highest BCUT2D eigenvalue weighted by atomic mass is 16.4. The molecule has 21 heavy (non-hydrogen) atoms. The molecule has 0 saturated carbocycles. The molecule has 5 heteroatoms. The molecule has 2 rings (SSSR count). The second-order valence-electron chi connectivity index (χ2n) is 4.84. The van der Waals surface area contributed by atoms with E-state index in [1.54, 1.807) is 12.3 Å². The number of carboxylic acids is 1. The Bertz CT molecular complexity index is 635. The summed E-state index contributed by atoms with van der Waals surface area (Å²) < 4.78 is 0. The number of nitrogens with zero attached hydrogens (tertiary/aromatic N) is 1. The van der Waals surface area contributed by atoms with Crippen LogP contribution < -0.4 is 5.32 Å². The number of carbonyl (C=O) groups is 2. The maximum Gasteiger partial charge on any atom is 0.303 e. The number of aromatic nitrogens is 1. The third-order valence-electron chi connectivity index (χ3n) is 3.24. The predicted octanol–water partition coefficient (Wildman–Crippen LogP) is 2.61. The van der Waals surface area contributed by atoms with Gasteiger partial charge in [0.15, 0.2) is 0 Å². The van der Waals surface area contributed by atoms with Crippen molar-refractivity contribution >= 4 is 22.8 Å². The van der Waals surface area contributed by atoms with Crippen LogP contribution >= 0.6 is 0 Å². The van der Waals surface area contributed by atoms with Crippen LogP contribution in [0.25, 0.3) is 10.9 Å². The molecule has 0 aliphatic carbocycles. The van der Waals surface area contributed by atoms with Gasteiger partial charge in [-0.3, -0.25) is 14.6 Å². The number of amides is 1. The van der Waals surface area contributed by atoms with E-state index in [4.69, 9.17) is 5.11 Å². The highest BCUT2D eigenvalue weighted by Gasteiger charge is 2.09. The number of unbranched alkanes of at least 4 members (excludes halogenated alkanes) is 2. The molecule has 5 nitrogen and oxygen atoms in total. The van der Waals surface area contributed by atoms with Gasteiger partial charge >= 0.3 is 5.97 Å². The zero-order valence-electron chi connectivity index (χ0n) is 11.7. The van der Waals surface area contributed by atoms with Crippen LogP contribution in [0.3, 0.4) is 0 Å². The van der Waals surface area contributed by atoms with E-state index >= 15 is 0 Å². The monoisotopic (exact) mass is 286 g/mol. The number of benzene rings is 1. The van der Waals surface area contributed by atoms with Gasteiger partial charge in [0, 0.05) is 30.1 Å². The summed E-state index contributed by atoms with van der Waals surface area (Å²) in [6.07, 6.45) is 4.10. The predicted molar refractivity (Wildman–Crippen MR) is 80.2 cm³/mol. The topological polar surface area (TPSA) is 79.3 Å². The summed E-state index contributed by atoms with van der Waals surface area (Å²) in [5, 5.41) is 12.2. The SMILES string of the molecule is O=C(O)CCCCCNC(=O)c1cccc2ncccc12. The number of pyridine rings is 1. The fourth-order valence-electron chi connectivity index (χ4n) is 2.18. The molecule has 2 N–H and O–H groups in total. The number of hydrogen-bond donors (Lipinski definition) is 2. The van der Waals surface area contributed by atoms with Gasteiger partial charge in [-0.25, -0.2) is 0 Å². The van der Waals surface area contributed by atoms with Gasteiger partial charge in [-0.1, -0.05) is 18.6 Å². The number of carbonyl (C=O) groups excluding carboxylic acids is 1. The zero-order chi connectivity index (χ0) is 15.1. The highest BCUT2D eigenvalue weighted by molar-refractivity contribution is 6.06. The van der Waals surface area contributed by atoms with Gasteiger partial charge < -0.3 is 10.4 Å². The molecule has 110 valence electrons. The van der Waals surface area contributed by atoms with Crippen LogP contribution in [0.2, 0.25) is 0 Å². The Morgan fingerprint density at radius 1 is 1.10 bits per heavy atom. The lowest BCUT2D eigenvalue weighted by Gasteiger charge is -2.07. The van der Waals surface area contributed by atoms with Crippen molar-refractivity contribution in [1.82, 2.24) is 10.3 Å². The molecule has 1 heterocycles. The van der Waals surface area contributed by atoms with Gasteiger partial charge in [-0.2, -0.15) is 0 Å². The Balaban J connectivity index is 1.87. The van der Waals surface area contributed by atoms with Crippen LogP contribution in [0.15, 0.2) is 36.5 Å². The van der Waals surface area contributed by atoms with Gasteiger partial charge in [0.25, 0.3) is 5.91 Å². The van der Waals surface area contributed by atoms with Crippen LogP contribution in [0.1, 0.15) is 36.0 Å². The van der Waals surface area contributed by atoms with Gasteiger partial charge in [-0.15, -0.1) is 0 Å². The molecule has 0 atom stereocenters. The minimum absolute atomic E-state index is 0.119. The molecule has 0 bridgehead atoms. The van der Waals surface area contributed by atoms with Crippen LogP contribution in [0, 0.1) is 0 Å². The molecule has 0 saturated heterocycles. The average molecular weight is 286 g/mol. The average Bonchev–Trinajstić information content (AvgIpc) is 2.49. The van der Waals surface area contributed by atoms with Crippen molar-refractivity contribution in [3.05, 3.63) is 42.1 Å². The van der Waals surface area contributed by atoms with Crippen molar-refractivity contribution in [1.29, 1.82) is 0 Å². The van der Waals surface area contributed by atoms with Crippen molar-refractivity contribution in [2.24, 2.45) is 0 Å². The highest BCUT2D eigenvalue weighted by Crippen LogP contribution is 2.16. The summed E-state index contributed by atoms with van der Waals surface area (Å²) in [6, 6.07) is 9.16. The number of aliphatic carboxylic acids is 1. The van der Waals surface area contributed by atoms with Crippen LogP contribution in [0.4, 0.5) is 0 Å². The van der Waals surface area contributed by atoms with E-state index in [-0.39, 0.29) is 12.3 Å². The summed E-state index contributed by atoms with van der Waals surface area (Å²) in [5.41, 5.74) is 1.41. The number of hydrogen-bond acceptors (Lipinski definition) is 3. The number of carboxylic acid groups (broad SMARTS) is 1. The normalized spacial score (nSPS) is 10.5. The Kier molecular flexibility index (Phi) is 5.26. The third-order valence-corrected chi connectivity index (χ3v) is 3.24. The van der Waals surface area contributed by atoms with E-state index in [1.165, 1.54) is 0 Å². The first kappa shape index (κ1) is 15.0. The third kappa shape index (κ3) is 4.27. The van der Waals surface area contributed by atoms with E-state index in [9.17, 15) is 9.59 Å². The van der Waals surface area contributed by atoms with Crippen molar-refractivity contribution in [2.45, 2.75) is 25.7 Å². The van der Waals surface area contributed by atoms with E-state index in [1.807, 2.05) is 24.3 Å². The molecular formula is C16H18N2O3. The molecule has 1 aromatic carbocycles. The Hall–Kier alpha value is -2.43. The number of rotatable bonds is 7. The van der Waals surface area contributed by atoms with Crippen molar-refractivity contribution in [2.75, 3.05) is 6.54 Å².